The fraction of sp³-hybridized carbons (Fsp3) is 0.643. The van der Waals surface area contributed by atoms with Crippen LogP contribution in [0.5, 0.6) is 0 Å². The van der Waals surface area contributed by atoms with Crippen molar-refractivity contribution in [2.45, 2.75) is 51.1 Å². The monoisotopic (exact) mass is 266 g/mol. The van der Waals surface area contributed by atoms with Gasteiger partial charge >= 0.3 is 0 Å². The van der Waals surface area contributed by atoms with Gasteiger partial charge in [0.25, 0.3) is 0 Å². The van der Waals surface area contributed by atoms with Crippen LogP contribution in [0.15, 0.2) is 17.5 Å². The standard InChI is InChI=1S/C14H22N2OS/c1-14(2)8-7-11(15)10-16(14)13(17)6-5-12-4-3-9-18-12/h3-4,9,11H,5-8,10,15H2,1-2H3. The van der Waals surface area contributed by atoms with Gasteiger partial charge < -0.3 is 10.6 Å². The van der Waals surface area contributed by atoms with Gasteiger partial charge in [-0.15, -0.1) is 11.3 Å². The van der Waals surface area contributed by atoms with Crippen LogP contribution in [0.25, 0.3) is 0 Å². The van der Waals surface area contributed by atoms with Crippen molar-refractivity contribution < 1.29 is 4.79 Å². The molecule has 1 fully saturated rings. The van der Waals surface area contributed by atoms with Gasteiger partial charge in [-0.3, -0.25) is 4.79 Å². The quantitative estimate of drug-likeness (QED) is 0.913. The molecule has 0 bridgehead atoms. The van der Waals surface area contributed by atoms with Gasteiger partial charge in [0.1, 0.15) is 0 Å². The maximum Gasteiger partial charge on any atom is 0.223 e. The van der Waals surface area contributed by atoms with Gasteiger partial charge in [-0.05, 0) is 44.6 Å². The normalized spacial score (nSPS) is 23.1. The molecule has 100 valence electrons. The van der Waals surface area contributed by atoms with Crippen molar-refractivity contribution in [1.29, 1.82) is 0 Å². The number of rotatable bonds is 3. The average molecular weight is 266 g/mol. The SMILES string of the molecule is CC1(C)CCC(N)CN1C(=O)CCc1cccs1. The van der Waals surface area contributed by atoms with E-state index in [4.69, 9.17) is 5.73 Å². The number of thiophene rings is 1. The Kier molecular flexibility index (Phi) is 4.07. The lowest BCUT2D eigenvalue weighted by Gasteiger charge is -2.44. The Morgan fingerprint density at radius 2 is 2.39 bits per heavy atom. The van der Waals surface area contributed by atoms with Crippen LogP contribution in [0.1, 0.15) is 38.0 Å². The summed E-state index contributed by atoms with van der Waals surface area (Å²) in [6.07, 6.45) is 3.45. The Balaban J connectivity index is 1.94. The Labute approximate surface area is 113 Å². The van der Waals surface area contributed by atoms with E-state index in [0.29, 0.717) is 13.0 Å². The molecule has 0 aromatic carbocycles. The lowest BCUT2D eigenvalue weighted by Crippen LogP contribution is -2.56. The molecule has 1 atom stereocenters. The summed E-state index contributed by atoms with van der Waals surface area (Å²) in [5.74, 6) is 0.239. The second-order valence-electron chi connectivity index (χ2n) is 5.69. The van der Waals surface area contributed by atoms with Gasteiger partial charge in [0.05, 0.1) is 0 Å². The van der Waals surface area contributed by atoms with Crippen LogP contribution in [0.4, 0.5) is 0 Å². The van der Waals surface area contributed by atoms with Gasteiger partial charge in [-0.25, -0.2) is 0 Å². The second-order valence-corrected chi connectivity index (χ2v) is 6.73. The van der Waals surface area contributed by atoms with Crippen molar-refractivity contribution in [3.8, 4) is 0 Å². The summed E-state index contributed by atoms with van der Waals surface area (Å²) in [6, 6.07) is 4.26. The highest BCUT2D eigenvalue weighted by Crippen LogP contribution is 2.27. The van der Waals surface area contributed by atoms with Crippen molar-refractivity contribution in [1.82, 2.24) is 4.90 Å². The number of likely N-dealkylation sites (tertiary alicyclic amines) is 1. The van der Waals surface area contributed by atoms with Crippen molar-refractivity contribution in [3.63, 3.8) is 0 Å². The highest BCUT2D eigenvalue weighted by molar-refractivity contribution is 7.09. The Morgan fingerprint density at radius 1 is 1.61 bits per heavy atom. The predicted octanol–water partition coefficient (Wildman–Crippen LogP) is 2.41. The highest BCUT2D eigenvalue weighted by atomic mass is 32.1. The van der Waals surface area contributed by atoms with Gasteiger partial charge in [-0.1, -0.05) is 6.07 Å². The lowest BCUT2D eigenvalue weighted by molar-refractivity contribution is -0.138. The third-order valence-corrected chi connectivity index (χ3v) is 4.68. The number of piperidine rings is 1. The average Bonchev–Trinajstić information content (AvgIpc) is 2.82. The molecule has 0 saturated carbocycles. The number of carbonyl (C=O) groups is 1. The zero-order valence-corrected chi connectivity index (χ0v) is 12.0. The van der Waals surface area contributed by atoms with E-state index < -0.39 is 0 Å². The maximum atomic E-state index is 12.3. The van der Waals surface area contributed by atoms with Crippen molar-refractivity contribution in [3.05, 3.63) is 22.4 Å². The Bertz CT molecular complexity index is 400. The third-order valence-electron chi connectivity index (χ3n) is 3.74. The molecule has 0 aliphatic carbocycles. The van der Waals surface area contributed by atoms with E-state index in [1.54, 1.807) is 11.3 Å². The highest BCUT2D eigenvalue weighted by Gasteiger charge is 2.35. The Hall–Kier alpha value is -0.870. The van der Waals surface area contributed by atoms with Crippen molar-refractivity contribution in [2.75, 3.05) is 6.54 Å². The summed E-state index contributed by atoms with van der Waals surface area (Å²) in [5.41, 5.74) is 5.94. The van der Waals surface area contributed by atoms with Gasteiger partial charge in [-0.2, -0.15) is 0 Å². The molecule has 0 spiro atoms. The molecule has 1 aromatic heterocycles. The molecule has 1 aromatic rings. The van der Waals surface area contributed by atoms with E-state index in [2.05, 4.69) is 25.3 Å². The van der Waals surface area contributed by atoms with Gasteiger partial charge in [0.2, 0.25) is 5.91 Å². The molecule has 1 aliphatic rings. The van der Waals surface area contributed by atoms with Crippen molar-refractivity contribution in [2.24, 2.45) is 5.73 Å². The topological polar surface area (TPSA) is 46.3 Å². The first-order valence-electron chi connectivity index (χ1n) is 6.57. The molecular weight excluding hydrogens is 244 g/mol. The summed E-state index contributed by atoms with van der Waals surface area (Å²) in [5, 5.41) is 2.06. The van der Waals surface area contributed by atoms with E-state index in [9.17, 15) is 4.79 Å². The van der Waals surface area contributed by atoms with E-state index in [1.165, 1.54) is 4.88 Å². The molecule has 2 N–H and O–H groups in total. The van der Waals surface area contributed by atoms with Crippen molar-refractivity contribution >= 4 is 17.2 Å². The number of hydrogen-bond donors (Lipinski definition) is 1. The summed E-state index contributed by atoms with van der Waals surface area (Å²) in [4.78, 5) is 15.6. The first-order chi connectivity index (χ1) is 8.49. The molecule has 2 heterocycles. The summed E-state index contributed by atoms with van der Waals surface area (Å²) < 4.78 is 0. The summed E-state index contributed by atoms with van der Waals surface area (Å²) in [6.45, 7) is 4.99. The number of nitrogens with two attached hydrogens (primary N) is 1. The maximum absolute atomic E-state index is 12.3. The molecule has 0 radical (unpaired) electrons. The largest absolute Gasteiger partial charge is 0.336 e. The minimum Gasteiger partial charge on any atom is -0.336 e. The number of hydrogen-bond acceptors (Lipinski definition) is 3. The molecule has 3 nitrogen and oxygen atoms in total. The van der Waals surface area contributed by atoms with E-state index >= 15 is 0 Å². The molecule has 2 rings (SSSR count). The van der Waals surface area contributed by atoms with Crippen LogP contribution >= 0.6 is 11.3 Å². The summed E-state index contributed by atoms with van der Waals surface area (Å²) >= 11 is 1.72. The molecule has 1 amide bonds. The fourth-order valence-electron chi connectivity index (χ4n) is 2.51. The lowest BCUT2D eigenvalue weighted by atomic mass is 9.88. The molecule has 18 heavy (non-hydrogen) atoms. The van der Waals surface area contributed by atoms with E-state index in [1.807, 2.05) is 11.0 Å². The van der Waals surface area contributed by atoms with E-state index in [0.717, 1.165) is 19.3 Å². The number of aryl methyl sites for hydroxylation is 1. The predicted molar refractivity (Wildman–Crippen MR) is 75.6 cm³/mol. The Morgan fingerprint density at radius 3 is 3.06 bits per heavy atom. The smallest absolute Gasteiger partial charge is 0.223 e. The minimum atomic E-state index is -0.0393. The molecular formula is C14H22N2OS. The first kappa shape index (κ1) is 13.6. The van der Waals surface area contributed by atoms with Gasteiger partial charge in [0, 0.05) is 29.4 Å². The van der Waals surface area contributed by atoms with Gasteiger partial charge in [0.15, 0.2) is 0 Å². The van der Waals surface area contributed by atoms with Crippen LogP contribution in [-0.2, 0) is 11.2 Å². The molecule has 1 aliphatic heterocycles. The van der Waals surface area contributed by atoms with Crippen LogP contribution in [0, 0.1) is 0 Å². The zero-order valence-electron chi connectivity index (χ0n) is 11.2. The van der Waals surface area contributed by atoms with Crippen LogP contribution in [0.3, 0.4) is 0 Å². The van der Waals surface area contributed by atoms with Crippen LogP contribution in [0.2, 0.25) is 0 Å². The molecule has 1 saturated heterocycles. The van der Waals surface area contributed by atoms with Crippen LogP contribution < -0.4 is 5.73 Å². The first-order valence-corrected chi connectivity index (χ1v) is 7.45. The van der Waals surface area contributed by atoms with Crippen LogP contribution in [-0.4, -0.2) is 28.9 Å². The molecule has 1 unspecified atom stereocenters. The number of amides is 1. The minimum absolute atomic E-state index is 0.0393. The number of nitrogens with zero attached hydrogens (tertiary/aromatic N) is 1. The fourth-order valence-corrected chi connectivity index (χ4v) is 3.21. The second kappa shape index (κ2) is 5.41. The summed E-state index contributed by atoms with van der Waals surface area (Å²) in [7, 11) is 0. The third kappa shape index (κ3) is 3.12. The molecule has 4 heteroatoms. The zero-order chi connectivity index (χ0) is 13.2. The number of carbonyl (C=O) groups excluding carboxylic acids is 1. The van der Waals surface area contributed by atoms with E-state index in [-0.39, 0.29) is 17.5 Å².